The summed E-state index contributed by atoms with van der Waals surface area (Å²) >= 11 is 0. The van der Waals surface area contributed by atoms with Crippen molar-refractivity contribution in [1.29, 1.82) is 0 Å². The molecule has 11 heteroatoms. The lowest BCUT2D eigenvalue weighted by atomic mass is 10.0. The molecule has 184 valence electrons. The van der Waals surface area contributed by atoms with Gasteiger partial charge in [0.1, 0.15) is 5.75 Å². The predicted octanol–water partition coefficient (Wildman–Crippen LogP) is 3.66. The van der Waals surface area contributed by atoms with Crippen LogP contribution in [0.15, 0.2) is 72.8 Å². The molecule has 0 bridgehead atoms. The Balaban J connectivity index is 0.000000253. The van der Waals surface area contributed by atoms with Crippen LogP contribution >= 0.6 is 0 Å². The van der Waals surface area contributed by atoms with E-state index in [9.17, 15) is 24.8 Å². The minimum Gasteiger partial charge on any atom is -0.505 e. The molecule has 0 heterocycles. The molecular weight excluding hydrogens is 466 g/mol. The lowest BCUT2D eigenvalue weighted by molar-refractivity contribution is -0.384. The van der Waals surface area contributed by atoms with Gasteiger partial charge in [-0.25, -0.2) is 0 Å². The van der Waals surface area contributed by atoms with Crippen LogP contribution in [0, 0.1) is 10.1 Å². The summed E-state index contributed by atoms with van der Waals surface area (Å²) in [6, 6.07) is 18.7. The number of phenolic OH excluding ortho intramolecular Hbond substituents is 1. The Kier molecular flexibility index (Phi) is 7.55. The number of ether oxygens (including phenoxy) is 1. The highest BCUT2D eigenvalue weighted by molar-refractivity contribution is 6.11. The molecule has 0 atom stereocenters. The van der Waals surface area contributed by atoms with E-state index in [1.54, 1.807) is 42.5 Å². The molecular formula is C25H23N5O6. The summed E-state index contributed by atoms with van der Waals surface area (Å²) < 4.78 is 4.90. The zero-order chi connectivity index (χ0) is 26.4. The Morgan fingerprint density at radius 2 is 1.67 bits per heavy atom. The molecule has 0 aliphatic heterocycles. The highest BCUT2D eigenvalue weighted by Gasteiger charge is 2.17. The van der Waals surface area contributed by atoms with Crippen LogP contribution in [0.2, 0.25) is 0 Å². The van der Waals surface area contributed by atoms with Gasteiger partial charge in [0.05, 0.1) is 29.0 Å². The number of nitrogens with two attached hydrogens (primary N) is 3. The summed E-state index contributed by atoms with van der Waals surface area (Å²) in [7, 11) is 1.51. The van der Waals surface area contributed by atoms with Gasteiger partial charge in [-0.3, -0.25) is 19.7 Å². The van der Waals surface area contributed by atoms with Crippen LogP contribution < -0.4 is 27.3 Å². The molecule has 0 radical (unpaired) electrons. The number of nitro benzene ring substituents is 1. The van der Waals surface area contributed by atoms with Crippen LogP contribution in [0.3, 0.4) is 0 Å². The smallest absolute Gasteiger partial charge is 0.269 e. The lowest BCUT2D eigenvalue weighted by Crippen LogP contribution is -2.12. The molecule has 8 N–H and O–H groups in total. The van der Waals surface area contributed by atoms with Crippen molar-refractivity contribution >= 4 is 45.3 Å². The molecule has 4 aromatic carbocycles. The Morgan fingerprint density at radius 3 is 2.25 bits per heavy atom. The van der Waals surface area contributed by atoms with E-state index in [1.807, 2.05) is 0 Å². The minimum atomic E-state index is -0.557. The molecule has 0 aliphatic carbocycles. The number of aromatic hydroxyl groups is 1. The van der Waals surface area contributed by atoms with Crippen molar-refractivity contribution in [3.05, 3.63) is 94.0 Å². The maximum absolute atomic E-state index is 12.4. The predicted molar refractivity (Wildman–Crippen MR) is 137 cm³/mol. The Morgan fingerprint density at radius 1 is 1.00 bits per heavy atom. The highest BCUT2D eigenvalue weighted by atomic mass is 16.6. The second kappa shape index (κ2) is 10.7. The van der Waals surface area contributed by atoms with Gasteiger partial charge in [-0.15, -0.1) is 0 Å². The van der Waals surface area contributed by atoms with Crippen LogP contribution in [0.4, 0.5) is 22.7 Å². The average Bonchev–Trinajstić information content (AvgIpc) is 2.86. The fourth-order valence-corrected chi connectivity index (χ4v) is 3.29. The molecule has 36 heavy (non-hydrogen) atoms. The molecule has 2 amide bonds. The first-order valence-corrected chi connectivity index (χ1v) is 10.4. The third kappa shape index (κ3) is 5.59. The number of carbonyl (C=O) groups is 2. The zero-order valence-corrected chi connectivity index (χ0v) is 19.1. The van der Waals surface area contributed by atoms with Gasteiger partial charge in [0.25, 0.3) is 11.6 Å². The second-order valence-corrected chi connectivity index (χ2v) is 7.49. The molecule has 4 rings (SSSR count). The van der Waals surface area contributed by atoms with Crippen LogP contribution in [-0.2, 0) is 0 Å². The van der Waals surface area contributed by atoms with Crippen molar-refractivity contribution in [3.8, 4) is 11.5 Å². The van der Waals surface area contributed by atoms with Crippen molar-refractivity contribution in [1.82, 2.24) is 0 Å². The van der Waals surface area contributed by atoms with E-state index in [0.29, 0.717) is 28.1 Å². The van der Waals surface area contributed by atoms with Crippen LogP contribution in [0.1, 0.15) is 20.7 Å². The van der Waals surface area contributed by atoms with Crippen LogP contribution in [-0.4, -0.2) is 29.0 Å². The first kappa shape index (κ1) is 25.3. The van der Waals surface area contributed by atoms with Crippen molar-refractivity contribution in [2.75, 3.05) is 23.9 Å². The Bertz CT molecular complexity index is 1450. The third-order valence-corrected chi connectivity index (χ3v) is 5.16. The van der Waals surface area contributed by atoms with E-state index >= 15 is 0 Å². The largest absolute Gasteiger partial charge is 0.505 e. The number of nitrogens with zero attached hydrogens (tertiary/aromatic N) is 1. The fraction of sp³-hybridized carbons (Fsp3) is 0.0400. The average molecular weight is 489 g/mol. The van der Waals surface area contributed by atoms with E-state index in [-0.39, 0.29) is 22.7 Å². The molecule has 0 unspecified atom stereocenters. The number of hydrogen-bond acceptors (Lipinski definition) is 8. The zero-order valence-electron chi connectivity index (χ0n) is 19.1. The number of primary amides is 1. The number of benzene rings is 4. The van der Waals surface area contributed by atoms with E-state index in [0.717, 1.165) is 5.39 Å². The van der Waals surface area contributed by atoms with Gasteiger partial charge in [0.2, 0.25) is 5.91 Å². The third-order valence-electron chi connectivity index (χ3n) is 5.16. The van der Waals surface area contributed by atoms with E-state index < -0.39 is 16.7 Å². The molecule has 0 saturated heterocycles. The van der Waals surface area contributed by atoms with Gasteiger partial charge in [-0.1, -0.05) is 24.3 Å². The standard InChI is InChI=1S/C17H13N3O4.C8H10N2O2/c18-15-13-4-2-1-3-10(13)9-14(16(15)21)17(22)19-11-5-7-12(8-6-11)20(23)24;1-12-7-3-2-5(8(10)11)4-6(7)9/h1-9,21H,18H2,(H,19,22);2-4H,9H2,1H3,(H2,10,11). The van der Waals surface area contributed by atoms with Crippen molar-refractivity contribution in [2.45, 2.75) is 0 Å². The molecule has 11 nitrogen and oxygen atoms in total. The molecule has 0 aliphatic rings. The maximum Gasteiger partial charge on any atom is 0.269 e. The molecule has 0 aromatic heterocycles. The number of methoxy groups -OCH3 is 1. The Hall–Kier alpha value is -5.32. The van der Waals surface area contributed by atoms with Crippen molar-refractivity contribution in [3.63, 3.8) is 0 Å². The van der Waals surface area contributed by atoms with Crippen LogP contribution in [0.25, 0.3) is 10.8 Å². The van der Waals surface area contributed by atoms with E-state index in [4.69, 9.17) is 21.9 Å². The first-order chi connectivity index (χ1) is 17.1. The van der Waals surface area contributed by atoms with Gasteiger partial charge in [0, 0.05) is 28.8 Å². The number of non-ortho nitro benzene ring substituents is 1. The van der Waals surface area contributed by atoms with Gasteiger partial charge in [-0.2, -0.15) is 0 Å². The van der Waals surface area contributed by atoms with Gasteiger partial charge in [-0.05, 0) is 41.8 Å². The highest BCUT2D eigenvalue weighted by Crippen LogP contribution is 2.34. The molecule has 0 fully saturated rings. The van der Waals surface area contributed by atoms with Gasteiger partial charge in [0.15, 0.2) is 5.75 Å². The summed E-state index contributed by atoms with van der Waals surface area (Å²) in [6.45, 7) is 0. The summed E-state index contributed by atoms with van der Waals surface area (Å²) in [5.74, 6) is -0.809. The number of rotatable bonds is 5. The van der Waals surface area contributed by atoms with Crippen molar-refractivity contribution in [2.24, 2.45) is 5.73 Å². The summed E-state index contributed by atoms with van der Waals surface area (Å²) in [4.78, 5) is 33.2. The molecule has 4 aromatic rings. The second-order valence-electron chi connectivity index (χ2n) is 7.49. The first-order valence-electron chi connectivity index (χ1n) is 10.4. The normalized spacial score (nSPS) is 10.1. The minimum absolute atomic E-state index is 0.0320. The quantitative estimate of drug-likeness (QED) is 0.121. The van der Waals surface area contributed by atoms with Crippen LogP contribution in [0.5, 0.6) is 11.5 Å². The lowest BCUT2D eigenvalue weighted by Gasteiger charge is -2.11. The van der Waals surface area contributed by atoms with Gasteiger partial charge >= 0.3 is 0 Å². The topological polar surface area (TPSA) is 197 Å². The van der Waals surface area contributed by atoms with Crippen molar-refractivity contribution < 1.29 is 24.4 Å². The van der Waals surface area contributed by atoms with E-state index in [1.165, 1.54) is 37.4 Å². The van der Waals surface area contributed by atoms with Gasteiger partial charge < -0.3 is 32.4 Å². The monoisotopic (exact) mass is 489 g/mol. The number of fused-ring (bicyclic) bond motifs is 1. The maximum atomic E-state index is 12.4. The SMILES string of the molecule is COc1ccc(C(N)=O)cc1N.Nc1c(O)c(C(=O)Nc2ccc([N+](=O)[O-])cc2)cc2ccccc12. The number of nitrogen functional groups attached to an aromatic ring is 2. The number of carbonyl (C=O) groups excluding carboxylic acids is 2. The number of phenols is 1. The molecule has 0 saturated carbocycles. The molecule has 0 spiro atoms. The number of nitrogens with one attached hydrogen (secondary N) is 1. The number of anilines is 3. The summed E-state index contributed by atoms with van der Waals surface area (Å²) in [5.41, 5.74) is 17.7. The number of amides is 2. The fourth-order valence-electron chi connectivity index (χ4n) is 3.29. The van der Waals surface area contributed by atoms with E-state index in [2.05, 4.69) is 5.32 Å². The summed E-state index contributed by atoms with van der Waals surface area (Å²) in [6.07, 6.45) is 0. The summed E-state index contributed by atoms with van der Waals surface area (Å²) in [5, 5.41) is 24.8. The number of hydrogen-bond donors (Lipinski definition) is 5. The number of nitro groups is 1. The Labute approximate surface area is 205 Å².